The standard InChI is InChI=1S/C3H6N2.C3H7N/c1-2-5-3-4-1;1-2-3-4/h3H,1-2H2,(H,4,5);2H,1,3-4H2. The summed E-state index contributed by atoms with van der Waals surface area (Å²) in [6, 6.07) is 0. The van der Waals surface area contributed by atoms with Gasteiger partial charge in [0.25, 0.3) is 0 Å². The van der Waals surface area contributed by atoms with Crippen molar-refractivity contribution in [3.05, 3.63) is 12.7 Å². The molecule has 0 aromatic heterocycles. The summed E-state index contributed by atoms with van der Waals surface area (Å²) in [4.78, 5) is 3.85. The van der Waals surface area contributed by atoms with Crippen LogP contribution >= 0.6 is 0 Å². The molecule has 3 heteroatoms. The Kier molecular flexibility index (Phi) is 6.51. The lowest BCUT2D eigenvalue weighted by Crippen LogP contribution is -2.04. The highest BCUT2D eigenvalue weighted by Gasteiger charge is 1.82. The van der Waals surface area contributed by atoms with Gasteiger partial charge in [-0.05, 0) is 0 Å². The molecule has 0 aromatic rings. The van der Waals surface area contributed by atoms with Crippen molar-refractivity contribution in [1.82, 2.24) is 5.32 Å². The van der Waals surface area contributed by atoms with Crippen LogP contribution < -0.4 is 11.1 Å². The van der Waals surface area contributed by atoms with E-state index in [4.69, 9.17) is 5.73 Å². The molecule has 52 valence electrons. The second-order valence-corrected chi connectivity index (χ2v) is 1.51. The van der Waals surface area contributed by atoms with E-state index in [9.17, 15) is 0 Å². The number of nitrogens with two attached hydrogens (primary N) is 1. The third-order valence-corrected chi connectivity index (χ3v) is 0.734. The molecule has 0 unspecified atom stereocenters. The first-order chi connectivity index (χ1) is 4.41. The van der Waals surface area contributed by atoms with Gasteiger partial charge < -0.3 is 11.1 Å². The van der Waals surface area contributed by atoms with Gasteiger partial charge in [-0.3, -0.25) is 4.99 Å². The molecule has 3 N–H and O–H groups in total. The van der Waals surface area contributed by atoms with Crippen LogP contribution in [0.15, 0.2) is 17.6 Å². The summed E-state index contributed by atoms with van der Waals surface area (Å²) in [5.41, 5.74) is 4.91. The number of rotatable bonds is 1. The highest BCUT2D eigenvalue weighted by Crippen LogP contribution is 1.68. The third kappa shape index (κ3) is 7.17. The van der Waals surface area contributed by atoms with E-state index in [1.807, 2.05) is 0 Å². The van der Waals surface area contributed by atoms with Gasteiger partial charge in [0.05, 0.1) is 12.9 Å². The first kappa shape index (κ1) is 8.17. The Morgan fingerprint density at radius 2 is 2.56 bits per heavy atom. The smallest absolute Gasteiger partial charge is 0.0825 e. The minimum Gasteiger partial charge on any atom is -0.375 e. The fourth-order valence-corrected chi connectivity index (χ4v) is 0.323. The van der Waals surface area contributed by atoms with Gasteiger partial charge in [-0.25, -0.2) is 0 Å². The molecule has 0 aliphatic carbocycles. The first-order valence-electron chi connectivity index (χ1n) is 2.94. The van der Waals surface area contributed by atoms with Crippen molar-refractivity contribution in [3.63, 3.8) is 0 Å². The van der Waals surface area contributed by atoms with Crippen LogP contribution in [0.1, 0.15) is 0 Å². The van der Waals surface area contributed by atoms with Crippen LogP contribution in [0, 0.1) is 0 Å². The van der Waals surface area contributed by atoms with E-state index in [-0.39, 0.29) is 0 Å². The maximum atomic E-state index is 4.91. The molecule has 1 rings (SSSR count). The van der Waals surface area contributed by atoms with Crippen molar-refractivity contribution in [2.75, 3.05) is 19.6 Å². The minimum absolute atomic E-state index is 0.583. The molecule has 3 nitrogen and oxygen atoms in total. The summed E-state index contributed by atoms with van der Waals surface area (Å²) in [5.74, 6) is 0. The molecule has 0 fully saturated rings. The molecule has 0 bridgehead atoms. The molecule has 9 heavy (non-hydrogen) atoms. The number of hydrogen-bond donors (Lipinski definition) is 2. The van der Waals surface area contributed by atoms with E-state index in [0.29, 0.717) is 6.54 Å². The second-order valence-electron chi connectivity index (χ2n) is 1.51. The van der Waals surface area contributed by atoms with E-state index in [1.165, 1.54) is 0 Å². The molecule has 1 aliphatic heterocycles. The monoisotopic (exact) mass is 127 g/mol. The number of hydrogen-bond acceptors (Lipinski definition) is 3. The zero-order valence-electron chi connectivity index (χ0n) is 5.51. The summed E-state index contributed by atoms with van der Waals surface area (Å²) in [6.07, 6.45) is 3.39. The third-order valence-electron chi connectivity index (χ3n) is 0.734. The predicted octanol–water partition coefficient (Wildman–Crippen LogP) is -0.251. The Morgan fingerprint density at radius 1 is 1.89 bits per heavy atom. The number of nitrogens with zero attached hydrogens (tertiary/aromatic N) is 1. The van der Waals surface area contributed by atoms with Crippen LogP contribution in [-0.2, 0) is 0 Å². The van der Waals surface area contributed by atoms with Gasteiger partial charge >= 0.3 is 0 Å². The molecule has 0 saturated heterocycles. The maximum absolute atomic E-state index is 4.91. The second kappa shape index (κ2) is 7.17. The van der Waals surface area contributed by atoms with Crippen molar-refractivity contribution < 1.29 is 0 Å². The fourth-order valence-electron chi connectivity index (χ4n) is 0.323. The van der Waals surface area contributed by atoms with Crippen LogP contribution in [0.25, 0.3) is 0 Å². The highest BCUT2D eigenvalue weighted by atomic mass is 15.0. The first-order valence-corrected chi connectivity index (χ1v) is 2.94. The van der Waals surface area contributed by atoms with Crippen LogP contribution in [0.2, 0.25) is 0 Å². The summed E-state index contributed by atoms with van der Waals surface area (Å²) in [5, 5.41) is 2.93. The lowest BCUT2D eigenvalue weighted by molar-refractivity contribution is 0.965. The molecular weight excluding hydrogens is 114 g/mol. The zero-order valence-corrected chi connectivity index (χ0v) is 5.51. The van der Waals surface area contributed by atoms with E-state index in [0.717, 1.165) is 13.1 Å². The van der Waals surface area contributed by atoms with Gasteiger partial charge in [0.2, 0.25) is 0 Å². The summed E-state index contributed by atoms with van der Waals surface area (Å²) >= 11 is 0. The summed E-state index contributed by atoms with van der Waals surface area (Å²) < 4.78 is 0. The van der Waals surface area contributed by atoms with Crippen LogP contribution in [0.4, 0.5) is 0 Å². The molecule has 0 saturated carbocycles. The minimum atomic E-state index is 0.583. The van der Waals surface area contributed by atoms with Gasteiger partial charge in [-0.2, -0.15) is 0 Å². The Bertz CT molecular complexity index is 82.3. The largest absolute Gasteiger partial charge is 0.375 e. The Morgan fingerprint density at radius 3 is 2.67 bits per heavy atom. The quantitative estimate of drug-likeness (QED) is 0.477. The van der Waals surface area contributed by atoms with E-state index >= 15 is 0 Å². The summed E-state index contributed by atoms with van der Waals surface area (Å²) in [6.45, 7) is 5.92. The van der Waals surface area contributed by atoms with Crippen molar-refractivity contribution in [1.29, 1.82) is 0 Å². The summed E-state index contributed by atoms with van der Waals surface area (Å²) in [7, 11) is 0. The zero-order chi connectivity index (χ0) is 6.95. The molecule has 0 aromatic carbocycles. The van der Waals surface area contributed by atoms with Crippen LogP contribution in [0.3, 0.4) is 0 Å². The topological polar surface area (TPSA) is 50.4 Å². The highest BCUT2D eigenvalue weighted by molar-refractivity contribution is 5.56. The fraction of sp³-hybridized carbons (Fsp3) is 0.500. The number of nitrogens with one attached hydrogen (secondary N) is 1. The van der Waals surface area contributed by atoms with Crippen LogP contribution in [-0.4, -0.2) is 26.0 Å². The molecular formula is C6H13N3. The van der Waals surface area contributed by atoms with Gasteiger partial charge in [0.15, 0.2) is 0 Å². The van der Waals surface area contributed by atoms with Crippen molar-refractivity contribution in [2.45, 2.75) is 0 Å². The lowest BCUT2D eigenvalue weighted by atomic mass is 10.7. The molecule has 0 atom stereocenters. The van der Waals surface area contributed by atoms with Gasteiger partial charge in [0.1, 0.15) is 0 Å². The van der Waals surface area contributed by atoms with E-state index in [2.05, 4.69) is 16.9 Å². The molecule has 1 aliphatic rings. The Labute approximate surface area is 55.7 Å². The Hall–Kier alpha value is -0.830. The van der Waals surface area contributed by atoms with Crippen molar-refractivity contribution in [3.8, 4) is 0 Å². The predicted molar refractivity (Wildman–Crippen MR) is 40.6 cm³/mol. The van der Waals surface area contributed by atoms with Crippen molar-refractivity contribution in [2.24, 2.45) is 10.7 Å². The molecule has 1 heterocycles. The normalized spacial score (nSPS) is 13.4. The average Bonchev–Trinajstić information content (AvgIpc) is 2.43. The Balaban J connectivity index is 0.000000148. The van der Waals surface area contributed by atoms with Crippen molar-refractivity contribution >= 4 is 6.34 Å². The van der Waals surface area contributed by atoms with Gasteiger partial charge in [-0.1, -0.05) is 6.08 Å². The SMILES string of the molecule is C1=NCCN1.C=CCN. The molecule has 0 spiro atoms. The van der Waals surface area contributed by atoms with Gasteiger partial charge in [0, 0.05) is 13.1 Å². The van der Waals surface area contributed by atoms with Crippen LogP contribution in [0.5, 0.6) is 0 Å². The maximum Gasteiger partial charge on any atom is 0.0825 e. The number of aliphatic imine (C=N–C) groups is 1. The van der Waals surface area contributed by atoms with E-state index < -0.39 is 0 Å². The lowest BCUT2D eigenvalue weighted by Gasteiger charge is -1.75. The molecule has 0 radical (unpaired) electrons. The van der Waals surface area contributed by atoms with Gasteiger partial charge in [-0.15, -0.1) is 6.58 Å². The average molecular weight is 127 g/mol. The van der Waals surface area contributed by atoms with E-state index in [1.54, 1.807) is 12.4 Å². The molecule has 0 amide bonds.